The number of hydrogen-bond acceptors (Lipinski definition) is 6. The van der Waals surface area contributed by atoms with Crippen LogP contribution in [-0.4, -0.2) is 65.0 Å². The minimum absolute atomic E-state index is 0.0617. The molecule has 0 aliphatic carbocycles. The molecule has 5 rings (SSSR count). The highest BCUT2D eigenvalue weighted by molar-refractivity contribution is 6.31. The van der Waals surface area contributed by atoms with E-state index in [0.717, 1.165) is 71.1 Å². The molecule has 1 fully saturated rings. The van der Waals surface area contributed by atoms with E-state index in [4.69, 9.17) is 26.2 Å². The number of aromatic amines is 1. The monoisotopic (exact) mass is 494 g/mol. The van der Waals surface area contributed by atoms with Gasteiger partial charge in [0.25, 0.3) is 0 Å². The van der Waals surface area contributed by atoms with Gasteiger partial charge in [-0.05, 0) is 30.5 Å². The van der Waals surface area contributed by atoms with Crippen LogP contribution in [0.25, 0.3) is 10.9 Å². The Morgan fingerprint density at radius 1 is 1.14 bits per heavy atom. The number of hydrogen-bond donors (Lipinski definition) is 2. The lowest BCUT2D eigenvalue weighted by Crippen LogP contribution is -2.45. The molecule has 1 aliphatic rings. The topological polar surface area (TPSA) is 80.2 Å². The molecule has 4 aromatic rings. The summed E-state index contributed by atoms with van der Waals surface area (Å²) >= 11 is 6.51. The standard InChI is InChI=1S/C26H31ClN6O2/c1-17-18(5-4-6-21(17)27)11-23(32-9-7-28-8-10-32)25-20-14-31-33(15-19-13-29-16-30-19)22(20)12-24(34-2)26(25)35-3/h4-6,12-14,16,23,28H,7-11,15H2,1-3H3,(H,29,30). The number of halogens is 1. The van der Waals surface area contributed by atoms with Crippen molar-refractivity contribution >= 4 is 22.5 Å². The van der Waals surface area contributed by atoms with E-state index in [1.54, 1.807) is 20.5 Å². The van der Waals surface area contributed by atoms with Gasteiger partial charge < -0.3 is 19.8 Å². The molecule has 3 heterocycles. The summed E-state index contributed by atoms with van der Waals surface area (Å²) in [7, 11) is 3.39. The Balaban J connectivity index is 1.68. The Morgan fingerprint density at radius 3 is 2.69 bits per heavy atom. The third kappa shape index (κ3) is 4.61. The molecular formula is C26H31ClN6O2. The van der Waals surface area contributed by atoms with Gasteiger partial charge in [0.2, 0.25) is 0 Å². The lowest BCUT2D eigenvalue weighted by molar-refractivity contribution is 0.170. The van der Waals surface area contributed by atoms with Crippen molar-refractivity contribution in [1.82, 2.24) is 30.0 Å². The number of ether oxygens (including phenoxy) is 2. The van der Waals surface area contributed by atoms with Gasteiger partial charge in [-0.1, -0.05) is 23.7 Å². The van der Waals surface area contributed by atoms with Gasteiger partial charge >= 0.3 is 0 Å². The first kappa shape index (κ1) is 23.7. The number of nitrogens with zero attached hydrogens (tertiary/aromatic N) is 4. The zero-order chi connectivity index (χ0) is 24.4. The molecule has 1 aliphatic heterocycles. The Morgan fingerprint density at radius 2 is 1.97 bits per heavy atom. The van der Waals surface area contributed by atoms with Crippen LogP contribution in [0.4, 0.5) is 0 Å². The largest absolute Gasteiger partial charge is 0.493 e. The van der Waals surface area contributed by atoms with Crippen LogP contribution in [0.1, 0.15) is 28.4 Å². The summed E-state index contributed by atoms with van der Waals surface area (Å²) in [4.78, 5) is 9.84. The zero-order valence-electron chi connectivity index (χ0n) is 20.3. The van der Waals surface area contributed by atoms with Crippen molar-refractivity contribution in [3.05, 3.63) is 70.4 Å². The van der Waals surface area contributed by atoms with E-state index in [2.05, 4.69) is 33.2 Å². The van der Waals surface area contributed by atoms with Crippen molar-refractivity contribution in [2.75, 3.05) is 40.4 Å². The fourth-order valence-corrected chi connectivity index (χ4v) is 5.23. The quantitative estimate of drug-likeness (QED) is 0.386. The van der Waals surface area contributed by atoms with Crippen LogP contribution in [0.15, 0.2) is 43.0 Å². The molecule has 1 atom stereocenters. The summed E-state index contributed by atoms with van der Waals surface area (Å²) in [6, 6.07) is 8.22. The SMILES string of the molecule is COc1cc2c(cnn2Cc2cnc[nH]2)c(C(Cc2cccc(Cl)c2C)N2CCNCC2)c1OC. The van der Waals surface area contributed by atoms with Gasteiger partial charge in [0.15, 0.2) is 11.5 Å². The van der Waals surface area contributed by atoms with Crippen LogP contribution < -0.4 is 14.8 Å². The van der Waals surface area contributed by atoms with Crippen LogP contribution >= 0.6 is 11.6 Å². The van der Waals surface area contributed by atoms with E-state index in [1.807, 2.05) is 35.3 Å². The van der Waals surface area contributed by atoms with E-state index in [1.165, 1.54) is 5.56 Å². The molecule has 8 nitrogen and oxygen atoms in total. The van der Waals surface area contributed by atoms with Crippen LogP contribution in [0, 0.1) is 6.92 Å². The van der Waals surface area contributed by atoms with E-state index >= 15 is 0 Å². The molecular weight excluding hydrogens is 464 g/mol. The van der Waals surface area contributed by atoms with Gasteiger partial charge in [-0.3, -0.25) is 9.58 Å². The van der Waals surface area contributed by atoms with Gasteiger partial charge in [-0.25, -0.2) is 4.98 Å². The fourth-order valence-electron chi connectivity index (χ4n) is 5.04. The summed E-state index contributed by atoms with van der Waals surface area (Å²) in [5, 5.41) is 10.1. The van der Waals surface area contributed by atoms with E-state index in [0.29, 0.717) is 12.3 Å². The molecule has 9 heteroatoms. The highest BCUT2D eigenvalue weighted by atomic mass is 35.5. The molecule has 184 valence electrons. The average Bonchev–Trinajstić information content (AvgIpc) is 3.55. The van der Waals surface area contributed by atoms with Crippen molar-refractivity contribution in [3.63, 3.8) is 0 Å². The molecule has 2 N–H and O–H groups in total. The van der Waals surface area contributed by atoms with Gasteiger partial charge in [0.05, 0.1) is 44.5 Å². The molecule has 1 unspecified atom stereocenters. The van der Waals surface area contributed by atoms with E-state index in [-0.39, 0.29) is 6.04 Å². The number of nitrogens with one attached hydrogen (secondary N) is 2. The molecule has 0 amide bonds. The van der Waals surface area contributed by atoms with Crippen molar-refractivity contribution in [2.45, 2.75) is 25.9 Å². The average molecular weight is 495 g/mol. The Hall–Kier alpha value is -3.07. The number of methoxy groups -OCH3 is 2. The second-order valence-electron chi connectivity index (χ2n) is 8.87. The number of fused-ring (bicyclic) bond motifs is 1. The van der Waals surface area contributed by atoms with Crippen LogP contribution in [0.3, 0.4) is 0 Å². The molecule has 0 spiro atoms. The summed E-state index contributed by atoms with van der Waals surface area (Å²) in [5.41, 5.74) is 5.42. The maximum atomic E-state index is 6.51. The molecule has 0 bridgehead atoms. The Bertz CT molecular complexity index is 1300. The molecule has 0 radical (unpaired) electrons. The van der Waals surface area contributed by atoms with Crippen molar-refractivity contribution in [2.24, 2.45) is 0 Å². The van der Waals surface area contributed by atoms with Gasteiger partial charge in [-0.2, -0.15) is 5.10 Å². The smallest absolute Gasteiger partial charge is 0.166 e. The summed E-state index contributed by atoms with van der Waals surface area (Å²) in [6.45, 7) is 6.44. The molecule has 0 saturated carbocycles. The third-order valence-electron chi connectivity index (χ3n) is 6.92. The Kier molecular flexibility index (Phi) is 6.95. The third-order valence-corrected chi connectivity index (χ3v) is 7.33. The highest BCUT2D eigenvalue weighted by Gasteiger charge is 2.31. The zero-order valence-corrected chi connectivity index (χ0v) is 21.1. The maximum Gasteiger partial charge on any atom is 0.166 e. The number of rotatable bonds is 8. The second-order valence-corrected chi connectivity index (χ2v) is 9.27. The fraction of sp³-hybridized carbons (Fsp3) is 0.385. The van der Waals surface area contributed by atoms with Crippen LogP contribution in [0.2, 0.25) is 5.02 Å². The van der Waals surface area contributed by atoms with Crippen molar-refractivity contribution in [3.8, 4) is 11.5 Å². The van der Waals surface area contributed by atoms with Crippen molar-refractivity contribution in [1.29, 1.82) is 0 Å². The van der Waals surface area contributed by atoms with Gasteiger partial charge in [-0.15, -0.1) is 0 Å². The van der Waals surface area contributed by atoms with Gasteiger partial charge in [0.1, 0.15) is 0 Å². The first-order chi connectivity index (χ1) is 17.1. The molecule has 1 saturated heterocycles. The summed E-state index contributed by atoms with van der Waals surface area (Å²) in [6.07, 6.45) is 6.25. The van der Waals surface area contributed by atoms with Gasteiger partial charge in [0, 0.05) is 60.5 Å². The number of imidazole rings is 1. The summed E-state index contributed by atoms with van der Waals surface area (Å²) in [5.74, 6) is 1.45. The van der Waals surface area contributed by atoms with Crippen molar-refractivity contribution < 1.29 is 9.47 Å². The van der Waals surface area contributed by atoms with E-state index < -0.39 is 0 Å². The normalized spacial score (nSPS) is 15.4. The first-order valence-electron chi connectivity index (χ1n) is 11.9. The number of piperazine rings is 1. The number of aromatic nitrogens is 4. The highest BCUT2D eigenvalue weighted by Crippen LogP contribution is 2.44. The lowest BCUT2D eigenvalue weighted by Gasteiger charge is -2.36. The molecule has 35 heavy (non-hydrogen) atoms. The van der Waals surface area contributed by atoms with E-state index in [9.17, 15) is 0 Å². The van der Waals surface area contributed by atoms with Crippen LogP contribution in [-0.2, 0) is 13.0 Å². The number of benzene rings is 2. The molecule has 2 aromatic carbocycles. The summed E-state index contributed by atoms with van der Waals surface area (Å²) < 4.78 is 13.8. The molecule has 2 aromatic heterocycles. The minimum Gasteiger partial charge on any atom is -0.493 e. The second kappa shape index (κ2) is 10.3. The lowest BCUT2D eigenvalue weighted by atomic mass is 9.91. The predicted octanol–water partition coefficient (Wildman–Crippen LogP) is 3.98. The Labute approximate surface area is 210 Å². The minimum atomic E-state index is 0.0617. The predicted molar refractivity (Wildman–Crippen MR) is 138 cm³/mol. The number of H-pyrrole nitrogens is 1. The van der Waals surface area contributed by atoms with Crippen LogP contribution in [0.5, 0.6) is 11.5 Å². The maximum absolute atomic E-state index is 6.51. The first-order valence-corrected chi connectivity index (χ1v) is 12.2.